The number of rotatable bonds is 5. The highest BCUT2D eigenvalue weighted by Crippen LogP contribution is 2.24. The van der Waals surface area contributed by atoms with Gasteiger partial charge in [0.05, 0.1) is 32.3 Å². The van der Waals surface area contributed by atoms with E-state index in [9.17, 15) is 5.11 Å². The molecule has 3 heterocycles. The zero-order chi connectivity index (χ0) is 13.8. The maximum absolute atomic E-state index is 10.2. The molecule has 0 aromatic carbocycles. The van der Waals surface area contributed by atoms with Gasteiger partial charge in [0.15, 0.2) is 0 Å². The van der Waals surface area contributed by atoms with Crippen LogP contribution in [0.25, 0.3) is 0 Å². The van der Waals surface area contributed by atoms with Crippen molar-refractivity contribution in [1.29, 1.82) is 0 Å². The van der Waals surface area contributed by atoms with E-state index in [2.05, 4.69) is 4.90 Å². The fraction of sp³-hybridized carbons (Fsp3) is 0.467. The van der Waals surface area contributed by atoms with Crippen LogP contribution in [0.1, 0.15) is 24.0 Å². The summed E-state index contributed by atoms with van der Waals surface area (Å²) in [5, 5.41) is 10.2. The quantitative estimate of drug-likeness (QED) is 0.908. The van der Waals surface area contributed by atoms with Gasteiger partial charge in [-0.05, 0) is 30.7 Å². The molecule has 0 saturated carbocycles. The van der Waals surface area contributed by atoms with Gasteiger partial charge >= 0.3 is 0 Å². The zero-order valence-corrected chi connectivity index (χ0v) is 11.3. The van der Waals surface area contributed by atoms with E-state index in [1.807, 2.05) is 12.1 Å². The average Bonchev–Trinajstić information content (AvgIpc) is 3.13. The van der Waals surface area contributed by atoms with Crippen molar-refractivity contribution in [2.75, 3.05) is 19.8 Å². The Kier molecular flexibility index (Phi) is 4.20. The molecule has 2 aromatic heterocycles. The molecule has 0 radical (unpaired) electrons. The first-order valence-corrected chi connectivity index (χ1v) is 6.88. The van der Waals surface area contributed by atoms with E-state index in [0.717, 1.165) is 18.8 Å². The lowest BCUT2D eigenvalue weighted by Gasteiger charge is -2.35. The van der Waals surface area contributed by atoms with Crippen LogP contribution in [-0.4, -0.2) is 35.8 Å². The predicted octanol–water partition coefficient (Wildman–Crippen LogP) is 2.20. The van der Waals surface area contributed by atoms with Crippen molar-refractivity contribution >= 4 is 0 Å². The maximum atomic E-state index is 10.2. The monoisotopic (exact) mass is 277 g/mol. The summed E-state index contributed by atoms with van der Waals surface area (Å²) in [7, 11) is 0. The molecule has 108 valence electrons. The minimum atomic E-state index is -0.601. The minimum Gasteiger partial charge on any atom is -0.468 e. The maximum Gasteiger partial charge on any atom is 0.132 e. The topological polar surface area (TPSA) is 59.0 Å². The highest BCUT2D eigenvalue weighted by atomic mass is 16.5. The fourth-order valence-corrected chi connectivity index (χ4v) is 2.57. The van der Waals surface area contributed by atoms with E-state index in [4.69, 9.17) is 13.6 Å². The molecule has 2 atom stereocenters. The van der Waals surface area contributed by atoms with E-state index in [0.29, 0.717) is 25.4 Å². The second-order valence-electron chi connectivity index (χ2n) is 5.05. The number of furan rings is 2. The van der Waals surface area contributed by atoms with Crippen molar-refractivity contribution in [3.63, 3.8) is 0 Å². The molecular formula is C15H19NO4. The van der Waals surface area contributed by atoms with E-state index in [-0.39, 0.29) is 6.04 Å². The third-order valence-corrected chi connectivity index (χ3v) is 3.66. The molecule has 5 nitrogen and oxygen atoms in total. The van der Waals surface area contributed by atoms with Crippen LogP contribution in [0, 0.1) is 0 Å². The molecule has 5 heteroatoms. The molecule has 0 spiro atoms. The Morgan fingerprint density at radius 3 is 2.85 bits per heavy atom. The number of aliphatic hydroxyl groups excluding tert-OH is 1. The first kappa shape index (κ1) is 13.4. The van der Waals surface area contributed by atoms with Crippen LogP contribution in [0.4, 0.5) is 0 Å². The number of hydrogen-bond acceptors (Lipinski definition) is 5. The van der Waals surface area contributed by atoms with Crippen molar-refractivity contribution in [3.8, 4) is 0 Å². The van der Waals surface area contributed by atoms with Crippen LogP contribution in [0.15, 0.2) is 45.6 Å². The van der Waals surface area contributed by atoms with Crippen molar-refractivity contribution in [2.24, 2.45) is 0 Å². The van der Waals surface area contributed by atoms with Gasteiger partial charge in [-0.25, -0.2) is 0 Å². The molecule has 1 fully saturated rings. The first-order valence-electron chi connectivity index (χ1n) is 6.88. The number of nitrogens with zero attached hydrogens (tertiary/aromatic N) is 1. The fourth-order valence-electron chi connectivity index (χ4n) is 2.57. The van der Waals surface area contributed by atoms with Gasteiger partial charge in [-0.2, -0.15) is 0 Å². The normalized spacial score (nSPS) is 21.9. The second kappa shape index (κ2) is 6.26. The molecule has 0 amide bonds. The van der Waals surface area contributed by atoms with Crippen LogP contribution in [0.3, 0.4) is 0 Å². The van der Waals surface area contributed by atoms with Crippen LogP contribution in [0.5, 0.6) is 0 Å². The SMILES string of the molecule is OC(CC1COCCN1Cc1ccco1)c1ccco1. The van der Waals surface area contributed by atoms with E-state index < -0.39 is 6.10 Å². The molecule has 20 heavy (non-hydrogen) atoms. The zero-order valence-electron chi connectivity index (χ0n) is 11.3. The number of ether oxygens (including phenoxy) is 1. The Bertz CT molecular complexity index is 494. The number of aliphatic hydroxyl groups is 1. The van der Waals surface area contributed by atoms with E-state index in [1.54, 1.807) is 24.7 Å². The van der Waals surface area contributed by atoms with Crippen molar-refractivity contribution < 1.29 is 18.7 Å². The molecule has 2 unspecified atom stereocenters. The Morgan fingerprint density at radius 2 is 2.10 bits per heavy atom. The Hall–Kier alpha value is -1.56. The third kappa shape index (κ3) is 3.12. The molecule has 0 bridgehead atoms. The van der Waals surface area contributed by atoms with Gasteiger partial charge in [0.1, 0.15) is 17.6 Å². The summed E-state index contributed by atoms with van der Waals surface area (Å²) in [6, 6.07) is 7.61. The third-order valence-electron chi connectivity index (χ3n) is 3.66. The molecule has 1 aliphatic heterocycles. The van der Waals surface area contributed by atoms with Gasteiger partial charge in [0.25, 0.3) is 0 Å². The molecule has 0 aliphatic carbocycles. The van der Waals surface area contributed by atoms with Crippen LogP contribution < -0.4 is 0 Å². The van der Waals surface area contributed by atoms with Crippen molar-refractivity contribution in [3.05, 3.63) is 48.3 Å². The summed E-state index contributed by atoms with van der Waals surface area (Å²) in [6.07, 6.45) is 3.25. The largest absolute Gasteiger partial charge is 0.468 e. The highest BCUT2D eigenvalue weighted by Gasteiger charge is 2.27. The van der Waals surface area contributed by atoms with Crippen LogP contribution >= 0.6 is 0 Å². The molecule has 3 rings (SSSR count). The Labute approximate surface area is 117 Å². The van der Waals surface area contributed by atoms with Gasteiger partial charge in [-0.15, -0.1) is 0 Å². The van der Waals surface area contributed by atoms with Gasteiger partial charge in [0, 0.05) is 12.6 Å². The van der Waals surface area contributed by atoms with Crippen molar-refractivity contribution in [1.82, 2.24) is 4.90 Å². The van der Waals surface area contributed by atoms with Crippen molar-refractivity contribution in [2.45, 2.75) is 25.1 Å². The average molecular weight is 277 g/mol. The van der Waals surface area contributed by atoms with Crippen LogP contribution in [0.2, 0.25) is 0 Å². The Balaban J connectivity index is 1.63. The summed E-state index contributed by atoms with van der Waals surface area (Å²) < 4.78 is 16.2. The lowest BCUT2D eigenvalue weighted by Crippen LogP contribution is -2.45. The van der Waals surface area contributed by atoms with Gasteiger partial charge in [0.2, 0.25) is 0 Å². The lowest BCUT2D eigenvalue weighted by molar-refractivity contribution is -0.0345. The summed E-state index contributed by atoms with van der Waals surface area (Å²) in [5.74, 6) is 1.54. The molecule has 1 N–H and O–H groups in total. The molecular weight excluding hydrogens is 258 g/mol. The van der Waals surface area contributed by atoms with E-state index >= 15 is 0 Å². The van der Waals surface area contributed by atoms with Gasteiger partial charge in [-0.3, -0.25) is 4.90 Å². The first-order chi connectivity index (χ1) is 9.83. The highest BCUT2D eigenvalue weighted by molar-refractivity contribution is 5.03. The number of hydrogen-bond donors (Lipinski definition) is 1. The summed E-state index contributed by atoms with van der Waals surface area (Å²) in [6.45, 7) is 2.93. The summed E-state index contributed by atoms with van der Waals surface area (Å²) in [5.41, 5.74) is 0. The molecule has 1 saturated heterocycles. The molecule has 1 aliphatic rings. The van der Waals surface area contributed by atoms with E-state index in [1.165, 1.54) is 0 Å². The van der Waals surface area contributed by atoms with Crippen LogP contribution in [-0.2, 0) is 11.3 Å². The van der Waals surface area contributed by atoms with Gasteiger partial charge in [-0.1, -0.05) is 0 Å². The predicted molar refractivity (Wildman–Crippen MR) is 72.0 cm³/mol. The smallest absolute Gasteiger partial charge is 0.132 e. The summed E-state index contributed by atoms with van der Waals surface area (Å²) >= 11 is 0. The second-order valence-corrected chi connectivity index (χ2v) is 5.05. The molecule has 2 aromatic rings. The minimum absolute atomic E-state index is 0.161. The number of morpholine rings is 1. The Morgan fingerprint density at radius 1 is 1.25 bits per heavy atom. The van der Waals surface area contributed by atoms with Gasteiger partial charge < -0.3 is 18.7 Å². The standard InChI is InChI=1S/C15H19NO4/c17-14(15-4-2-7-20-15)9-12-11-18-8-5-16(12)10-13-3-1-6-19-13/h1-4,6-7,12,14,17H,5,8-11H2. The lowest BCUT2D eigenvalue weighted by atomic mass is 10.1. The summed E-state index contributed by atoms with van der Waals surface area (Å²) in [4.78, 5) is 2.29.